The Hall–Kier alpha value is -2.02. The Labute approximate surface area is 75.0 Å². The number of carboxylic acid groups (broad SMARTS) is 1. The fraction of sp³-hybridized carbons (Fsp3) is 0.111. The lowest BCUT2D eigenvalue weighted by atomic mass is 10.1. The lowest BCUT2D eigenvalue weighted by Crippen LogP contribution is -2.00. The second-order valence-electron chi connectivity index (χ2n) is 2.33. The maximum atomic E-state index is 10.6. The van der Waals surface area contributed by atoms with E-state index in [0.717, 1.165) is 0 Å². The molecule has 1 aromatic carbocycles. The van der Waals surface area contributed by atoms with Gasteiger partial charge in [-0.2, -0.15) is 5.26 Å². The first kappa shape index (κ1) is 9.07. The second kappa shape index (κ2) is 3.59. The van der Waals surface area contributed by atoms with Gasteiger partial charge in [0.1, 0.15) is 11.3 Å². The molecule has 1 aromatic rings. The highest BCUT2D eigenvalue weighted by atomic mass is 16.5. The van der Waals surface area contributed by atoms with Crippen LogP contribution < -0.4 is 4.74 Å². The van der Waals surface area contributed by atoms with Crippen LogP contribution in [0.15, 0.2) is 18.2 Å². The van der Waals surface area contributed by atoms with Crippen LogP contribution in [0.5, 0.6) is 5.75 Å². The molecule has 0 atom stereocenters. The third-order valence-electron chi connectivity index (χ3n) is 1.56. The summed E-state index contributed by atoms with van der Waals surface area (Å²) in [4.78, 5) is 10.6. The normalized spacial score (nSPS) is 8.92. The number of methoxy groups -OCH3 is 1. The van der Waals surface area contributed by atoms with Crippen LogP contribution in [0.4, 0.5) is 0 Å². The molecule has 0 radical (unpaired) electrons. The van der Waals surface area contributed by atoms with E-state index < -0.39 is 5.97 Å². The second-order valence-corrected chi connectivity index (χ2v) is 2.33. The average Bonchev–Trinajstić information content (AvgIpc) is 2.16. The molecule has 0 fully saturated rings. The van der Waals surface area contributed by atoms with Crippen molar-refractivity contribution in [1.29, 1.82) is 5.26 Å². The quantitative estimate of drug-likeness (QED) is 0.738. The number of nitrogens with zero attached hydrogens (tertiary/aromatic N) is 1. The van der Waals surface area contributed by atoms with E-state index in [0.29, 0.717) is 5.56 Å². The number of carboxylic acids is 1. The summed E-state index contributed by atoms with van der Waals surface area (Å²) < 4.78 is 4.82. The van der Waals surface area contributed by atoms with Crippen LogP contribution in [0.3, 0.4) is 0 Å². The van der Waals surface area contributed by atoms with Gasteiger partial charge in [0.05, 0.1) is 18.7 Å². The van der Waals surface area contributed by atoms with Gasteiger partial charge in [-0.25, -0.2) is 4.79 Å². The van der Waals surface area contributed by atoms with Crippen molar-refractivity contribution in [3.05, 3.63) is 29.3 Å². The summed E-state index contributed by atoms with van der Waals surface area (Å²) in [5.74, 6) is -0.868. The van der Waals surface area contributed by atoms with Crippen LogP contribution in [-0.4, -0.2) is 18.2 Å². The Balaban J connectivity index is 3.25. The molecule has 1 rings (SSSR count). The predicted molar refractivity (Wildman–Crippen MR) is 44.7 cm³/mol. The van der Waals surface area contributed by atoms with Gasteiger partial charge in [0.2, 0.25) is 0 Å². The number of hydrogen-bond acceptors (Lipinski definition) is 3. The molecule has 0 heterocycles. The van der Waals surface area contributed by atoms with Crippen molar-refractivity contribution in [2.24, 2.45) is 0 Å². The Bertz CT molecular complexity index is 379. The summed E-state index contributed by atoms with van der Waals surface area (Å²) in [6.07, 6.45) is 0. The smallest absolute Gasteiger partial charge is 0.339 e. The van der Waals surface area contributed by atoms with Crippen LogP contribution in [-0.2, 0) is 0 Å². The molecule has 0 aromatic heterocycles. The zero-order valence-corrected chi connectivity index (χ0v) is 6.94. The van der Waals surface area contributed by atoms with Crippen molar-refractivity contribution in [2.45, 2.75) is 0 Å². The summed E-state index contributed by atoms with van der Waals surface area (Å²) in [7, 11) is 1.36. The van der Waals surface area contributed by atoms with Crippen molar-refractivity contribution in [3.63, 3.8) is 0 Å². The predicted octanol–water partition coefficient (Wildman–Crippen LogP) is 1.27. The molecule has 0 aliphatic heterocycles. The van der Waals surface area contributed by atoms with Crippen molar-refractivity contribution < 1.29 is 14.6 Å². The van der Waals surface area contributed by atoms with E-state index in [2.05, 4.69) is 0 Å². The van der Waals surface area contributed by atoms with Gasteiger partial charge in [-0.3, -0.25) is 0 Å². The van der Waals surface area contributed by atoms with E-state index in [9.17, 15) is 4.79 Å². The maximum absolute atomic E-state index is 10.6. The van der Waals surface area contributed by atoms with Gasteiger partial charge in [0, 0.05) is 0 Å². The van der Waals surface area contributed by atoms with Crippen LogP contribution in [0.2, 0.25) is 0 Å². The monoisotopic (exact) mass is 177 g/mol. The number of aromatic carboxylic acids is 1. The minimum Gasteiger partial charge on any atom is -0.496 e. The zero-order chi connectivity index (χ0) is 9.84. The van der Waals surface area contributed by atoms with Gasteiger partial charge >= 0.3 is 5.97 Å². The van der Waals surface area contributed by atoms with E-state index in [1.807, 2.05) is 6.07 Å². The first-order valence-corrected chi connectivity index (χ1v) is 3.50. The molecule has 0 amide bonds. The molecule has 4 nitrogen and oxygen atoms in total. The molecular formula is C9H7NO3. The number of benzene rings is 1. The molecule has 0 aliphatic carbocycles. The largest absolute Gasteiger partial charge is 0.496 e. The van der Waals surface area contributed by atoms with Crippen LogP contribution in [0.25, 0.3) is 0 Å². The van der Waals surface area contributed by atoms with Gasteiger partial charge < -0.3 is 9.84 Å². The van der Waals surface area contributed by atoms with Gasteiger partial charge in [-0.15, -0.1) is 0 Å². The van der Waals surface area contributed by atoms with E-state index >= 15 is 0 Å². The molecule has 0 aliphatic rings. The molecule has 0 unspecified atom stereocenters. The number of carbonyl (C=O) groups is 1. The Morgan fingerprint density at radius 1 is 1.62 bits per heavy atom. The zero-order valence-electron chi connectivity index (χ0n) is 6.94. The Kier molecular flexibility index (Phi) is 2.50. The van der Waals surface area contributed by atoms with Crippen LogP contribution in [0, 0.1) is 11.3 Å². The number of rotatable bonds is 2. The molecule has 66 valence electrons. The third-order valence-corrected chi connectivity index (χ3v) is 1.56. The minimum absolute atomic E-state index is 0.0569. The van der Waals surface area contributed by atoms with E-state index in [4.69, 9.17) is 15.1 Å². The maximum Gasteiger partial charge on any atom is 0.339 e. The van der Waals surface area contributed by atoms with Crippen molar-refractivity contribution in [3.8, 4) is 11.8 Å². The van der Waals surface area contributed by atoms with E-state index in [1.165, 1.54) is 25.3 Å². The molecule has 0 spiro atoms. The topological polar surface area (TPSA) is 70.3 Å². The lowest BCUT2D eigenvalue weighted by molar-refractivity contribution is 0.0693. The lowest BCUT2D eigenvalue weighted by Gasteiger charge is -2.03. The Morgan fingerprint density at radius 3 is 2.77 bits per heavy atom. The molecule has 0 bridgehead atoms. The number of nitriles is 1. The first-order valence-electron chi connectivity index (χ1n) is 3.50. The average molecular weight is 177 g/mol. The first-order chi connectivity index (χ1) is 6.19. The minimum atomic E-state index is -1.07. The fourth-order valence-corrected chi connectivity index (χ4v) is 0.937. The van der Waals surface area contributed by atoms with Crippen molar-refractivity contribution in [1.82, 2.24) is 0 Å². The summed E-state index contributed by atoms with van der Waals surface area (Å²) in [6.45, 7) is 0. The highest BCUT2D eigenvalue weighted by Gasteiger charge is 2.10. The van der Waals surface area contributed by atoms with Crippen LogP contribution in [0.1, 0.15) is 15.9 Å². The van der Waals surface area contributed by atoms with Crippen LogP contribution >= 0.6 is 0 Å². The molecular weight excluding hydrogens is 170 g/mol. The van der Waals surface area contributed by atoms with Crippen molar-refractivity contribution >= 4 is 5.97 Å². The molecule has 4 heteroatoms. The van der Waals surface area contributed by atoms with E-state index in [1.54, 1.807) is 0 Å². The SMILES string of the molecule is COc1cc(C#N)ccc1C(=O)O. The van der Waals surface area contributed by atoms with Gasteiger partial charge in [0.15, 0.2) is 0 Å². The van der Waals surface area contributed by atoms with Gasteiger partial charge in [-0.1, -0.05) is 0 Å². The highest BCUT2D eigenvalue weighted by Crippen LogP contribution is 2.19. The number of hydrogen-bond donors (Lipinski definition) is 1. The highest BCUT2D eigenvalue weighted by molar-refractivity contribution is 5.91. The van der Waals surface area contributed by atoms with Crippen molar-refractivity contribution in [2.75, 3.05) is 7.11 Å². The number of ether oxygens (including phenoxy) is 1. The molecule has 0 saturated heterocycles. The summed E-state index contributed by atoms with van der Waals surface area (Å²) >= 11 is 0. The molecule has 0 saturated carbocycles. The summed E-state index contributed by atoms with van der Waals surface area (Å²) in [6, 6.07) is 6.07. The van der Waals surface area contributed by atoms with Gasteiger partial charge in [-0.05, 0) is 18.2 Å². The van der Waals surface area contributed by atoms with E-state index in [-0.39, 0.29) is 11.3 Å². The Morgan fingerprint density at radius 2 is 2.31 bits per heavy atom. The van der Waals surface area contributed by atoms with Gasteiger partial charge in [0.25, 0.3) is 0 Å². The third kappa shape index (κ3) is 1.76. The standard InChI is InChI=1S/C9H7NO3/c1-13-8-4-6(5-10)2-3-7(8)9(11)12/h2-4H,1H3,(H,11,12). The fourth-order valence-electron chi connectivity index (χ4n) is 0.937. The summed E-state index contributed by atoms with van der Waals surface area (Å²) in [5.41, 5.74) is 0.434. The molecule has 1 N–H and O–H groups in total. The summed E-state index contributed by atoms with van der Waals surface area (Å²) in [5, 5.41) is 17.2. The molecule has 13 heavy (non-hydrogen) atoms.